The molecule has 2 rings (SSSR count). The predicted octanol–water partition coefficient (Wildman–Crippen LogP) is -0.0454. The number of primary amides is 1. The van der Waals surface area contributed by atoms with Crippen molar-refractivity contribution in [2.24, 2.45) is 5.73 Å². The standard InChI is InChI=1S/C14H19ClN4O4S/c1-24(22,23)19-6-4-18(5-7-19)13(20)9-17-10-2-3-11(14(16)21)12(15)8-10/h2-3,8,17H,4-7,9H2,1H3,(H2,16,21). The lowest BCUT2D eigenvalue weighted by Crippen LogP contribution is -2.51. The van der Waals surface area contributed by atoms with E-state index in [0.717, 1.165) is 6.26 Å². The van der Waals surface area contributed by atoms with Crippen molar-refractivity contribution in [1.29, 1.82) is 0 Å². The van der Waals surface area contributed by atoms with Gasteiger partial charge < -0.3 is 16.0 Å². The molecule has 0 bridgehead atoms. The second-order valence-electron chi connectivity index (χ2n) is 5.46. The van der Waals surface area contributed by atoms with Gasteiger partial charge in [-0.25, -0.2) is 8.42 Å². The SMILES string of the molecule is CS(=O)(=O)N1CCN(C(=O)CNc2ccc(C(N)=O)c(Cl)c2)CC1. The van der Waals surface area contributed by atoms with Crippen molar-refractivity contribution in [2.45, 2.75) is 0 Å². The van der Waals surface area contributed by atoms with E-state index in [1.165, 1.54) is 16.4 Å². The van der Waals surface area contributed by atoms with Crippen LogP contribution >= 0.6 is 11.6 Å². The van der Waals surface area contributed by atoms with Gasteiger partial charge in [0.1, 0.15) is 0 Å². The largest absolute Gasteiger partial charge is 0.376 e. The second-order valence-corrected chi connectivity index (χ2v) is 7.84. The van der Waals surface area contributed by atoms with E-state index in [1.54, 1.807) is 11.0 Å². The first-order valence-corrected chi connectivity index (χ1v) is 9.47. The number of nitrogens with zero attached hydrogens (tertiary/aromatic N) is 2. The molecule has 2 amide bonds. The molecule has 1 aromatic carbocycles. The molecule has 0 radical (unpaired) electrons. The van der Waals surface area contributed by atoms with Crippen LogP contribution in [-0.2, 0) is 14.8 Å². The van der Waals surface area contributed by atoms with Crippen LogP contribution in [0.2, 0.25) is 5.02 Å². The van der Waals surface area contributed by atoms with Crippen molar-refractivity contribution in [2.75, 3.05) is 44.3 Å². The predicted molar refractivity (Wildman–Crippen MR) is 91.5 cm³/mol. The summed E-state index contributed by atoms with van der Waals surface area (Å²) in [6, 6.07) is 4.62. The molecule has 1 heterocycles. The maximum absolute atomic E-state index is 12.2. The first-order valence-electron chi connectivity index (χ1n) is 7.24. The molecule has 1 aliphatic rings. The third-order valence-electron chi connectivity index (χ3n) is 3.74. The Morgan fingerprint density at radius 2 is 1.88 bits per heavy atom. The molecular weight excluding hydrogens is 356 g/mol. The maximum Gasteiger partial charge on any atom is 0.250 e. The number of nitrogens with one attached hydrogen (secondary N) is 1. The van der Waals surface area contributed by atoms with Gasteiger partial charge in [-0.1, -0.05) is 11.6 Å². The van der Waals surface area contributed by atoms with Crippen LogP contribution in [0, 0.1) is 0 Å². The van der Waals surface area contributed by atoms with Gasteiger partial charge in [0.15, 0.2) is 0 Å². The molecule has 0 atom stereocenters. The van der Waals surface area contributed by atoms with Crippen molar-refractivity contribution in [1.82, 2.24) is 9.21 Å². The van der Waals surface area contributed by atoms with Crippen LogP contribution in [0.5, 0.6) is 0 Å². The number of sulfonamides is 1. The minimum Gasteiger partial charge on any atom is -0.376 e. The van der Waals surface area contributed by atoms with E-state index < -0.39 is 15.9 Å². The number of halogens is 1. The third kappa shape index (κ3) is 4.59. The van der Waals surface area contributed by atoms with E-state index in [-0.39, 0.29) is 23.0 Å². The molecule has 0 aromatic heterocycles. The number of hydrogen-bond donors (Lipinski definition) is 2. The molecule has 0 unspecified atom stereocenters. The highest BCUT2D eigenvalue weighted by atomic mass is 35.5. The maximum atomic E-state index is 12.2. The second kappa shape index (κ2) is 7.37. The number of rotatable bonds is 5. The summed E-state index contributed by atoms with van der Waals surface area (Å²) in [6.45, 7) is 1.35. The molecular formula is C14H19ClN4O4S. The number of amides is 2. The Morgan fingerprint density at radius 3 is 2.38 bits per heavy atom. The van der Waals surface area contributed by atoms with Crippen LogP contribution in [0.1, 0.15) is 10.4 Å². The van der Waals surface area contributed by atoms with E-state index in [2.05, 4.69) is 5.32 Å². The Morgan fingerprint density at radius 1 is 1.25 bits per heavy atom. The molecule has 1 aliphatic heterocycles. The first-order chi connectivity index (χ1) is 11.2. The van der Waals surface area contributed by atoms with Gasteiger partial charge in [0.2, 0.25) is 21.8 Å². The monoisotopic (exact) mass is 374 g/mol. The average Bonchev–Trinajstić information content (AvgIpc) is 2.51. The molecule has 0 spiro atoms. The number of nitrogens with two attached hydrogens (primary N) is 1. The van der Waals surface area contributed by atoms with E-state index in [1.807, 2.05) is 0 Å². The minimum atomic E-state index is -3.22. The molecule has 10 heteroatoms. The highest BCUT2D eigenvalue weighted by Crippen LogP contribution is 2.20. The quantitative estimate of drug-likeness (QED) is 0.750. The van der Waals surface area contributed by atoms with Crippen LogP contribution < -0.4 is 11.1 Å². The topological polar surface area (TPSA) is 113 Å². The lowest BCUT2D eigenvalue weighted by atomic mass is 10.2. The highest BCUT2D eigenvalue weighted by molar-refractivity contribution is 7.88. The van der Waals surface area contributed by atoms with Crippen molar-refractivity contribution < 1.29 is 18.0 Å². The molecule has 8 nitrogen and oxygen atoms in total. The van der Waals surface area contributed by atoms with Gasteiger partial charge >= 0.3 is 0 Å². The van der Waals surface area contributed by atoms with Crippen LogP contribution in [0.25, 0.3) is 0 Å². The summed E-state index contributed by atoms with van der Waals surface area (Å²) in [7, 11) is -3.22. The summed E-state index contributed by atoms with van der Waals surface area (Å²) in [5.41, 5.74) is 5.98. The summed E-state index contributed by atoms with van der Waals surface area (Å²) >= 11 is 5.95. The molecule has 0 aliphatic carbocycles. The lowest BCUT2D eigenvalue weighted by Gasteiger charge is -2.33. The summed E-state index contributed by atoms with van der Waals surface area (Å²) in [4.78, 5) is 24.9. The molecule has 1 saturated heterocycles. The number of hydrogen-bond acceptors (Lipinski definition) is 5. The number of anilines is 1. The Kier molecular flexibility index (Phi) is 5.68. The van der Waals surface area contributed by atoms with Gasteiger partial charge in [-0.05, 0) is 18.2 Å². The Labute approximate surface area is 145 Å². The summed E-state index contributed by atoms with van der Waals surface area (Å²) in [6.07, 6.45) is 1.16. The summed E-state index contributed by atoms with van der Waals surface area (Å²) in [5, 5.41) is 3.14. The fourth-order valence-electron chi connectivity index (χ4n) is 2.38. The minimum absolute atomic E-state index is 0.0467. The van der Waals surface area contributed by atoms with Crippen LogP contribution in [0.15, 0.2) is 18.2 Å². The number of carbonyl (C=O) groups excluding carboxylic acids is 2. The smallest absolute Gasteiger partial charge is 0.250 e. The van der Waals surface area contributed by atoms with Gasteiger partial charge in [-0.15, -0.1) is 0 Å². The zero-order valence-electron chi connectivity index (χ0n) is 13.2. The van der Waals surface area contributed by atoms with Crippen LogP contribution in [0.4, 0.5) is 5.69 Å². The Bertz CT molecular complexity index is 745. The first kappa shape index (κ1) is 18.5. The van der Waals surface area contributed by atoms with E-state index in [4.69, 9.17) is 17.3 Å². The molecule has 1 aromatic rings. The lowest BCUT2D eigenvalue weighted by molar-refractivity contribution is -0.130. The van der Waals surface area contributed by atoms with Crippen LogP contribution in [-0.4, -0.2) is 68.4 Å². The van der Waals surface area contributed by atoms with Crippen molar-refractivity contribution in [3.63, 3.8) is 0 Å². The van der Waals surface area contributed by atoms with Crippen molar-refractivity contribution in [3.05, 3.63) is 28.8 Å². The Balaban J connectivity index is 1.88. The fourth-order valence-corrected chi connectivity index (χ4v) is 3.48. The van der Waals surface area contributed by atoms with Crippen LogP contribution in [0.3, 0.4) is 0 Å². The average molecular weight is 375 g/mol. The van der Waals surface area contributed by atoms with Gasteiger partial charge in [0.05, 0.1) is 23.4 Å². The zero-order chi connectivity index (χ0) is 17.9. The van der Waals surface area contributed by atoms with E-state index in [0.29, 0.717) is 31.9 Å². The molecule has 132 valence electrons. The fraction of sp³-hybridized carbons (Fsp3) is 0.429. The van der Waals surface area contributed by atoms with Gasteiger partial charge in [-0.2, -0.15) is 4.31 Å². The molecule has 0 saturated carbocycles. The highest BCUT2D eigenvalue weighted by Gasteiger charge is 2.25. The van der Waals surface area contributed by atoms with Gasteiger partial charge in [0.25, 0.3) is 0 Å². The zero-order valence-corrected chi connectivity index (χ0v) is 14.7. The number of piperazine rings is 1. The third-order valence-corrected chi connectivity index (χ3v) is 5.35. The van der Waals surface area contributed by atoms with E-state index >= 15 is 0 Å². The summed E-state index contributed by atoms with van der Waals surface area (Å²) in [5.74, 6) is -0.760. The van der Waals surface area contributed by atoms with Gasteiger partial charge in [-0.3, -0.25) is 9.59 Å². The molecule has 24 heavy (non-hydrogen) atoms. The van der Waals surface area contributed by atoms with Crippen molar-refractivity contribution >= 4 is 39.1 Å². The van der Waals surface area contributed by atoms with Crippen molar-refractivity contribution in [3.8, 4) is 0 Å². The molecule has 3 N–H and O–H groups in total. The normalized spacial score (nSPS) is 16.0. The molecule has 1 fully saturated rings. The number of benzene rings is 1. The number of carbonyl (C=O) groups is 2. The van der Waals surface area contributed by atoms with Gasteiger partial charge in [0, 0.05) is 31.9 Å². The Hall–Kier alpha value is -1.84. The van der Waals surface area contributed by atoms with E-state index in [9.17, 15) is 18.0 Å². The summed E-state index contributed by atoms with van der Waals surface area (Å²) < 4.78 is 24.2.